The highest BCUT2D eigenvalue weighted by molar-refractivity contribution is 6.32. The maximum Gasteiger partial charge on any atom is 0.312 e. The number of benzene rings is 1. The van der Waals surface area contributed by atoms with E-state index in [1.807, 2.05) is 26.0 Å². The molecule has 0 unspecified atom stereocenters. The fraction of sp³-hybridized carbons (Fsp3) is 0.273. The van der Waals surface area contributed by atoms with E-state index in [-0.39, 0.29) is 12.6 Å². The van der Waals surface area contributed by atoms with Gasteiger partial charge in [-0.2, -0.15) is 0 Å². The average Bonchev–Trinajstić information content (AvgIpc) is 2.69. The van der Waals surface area contributed by atoms with Crippen LogP contribution >= 0.6 is 11.6 Å². The quantitative estimate of drug-likeness (QED) is 0.910. The Labute approximate surface area is 104 Å². The third-order valence-electron chi connectivity index (χ3n) is 2.25. The monoisotopic (exact) mass is 253 g/mol. The summed E-state index contributed by atoms with van der Waals surface area (Å²) in [6.07, 6.45) is 0. The molecule has 1 heterocycles. The summed E-state index contributed by atoms with van der Waals surface area (Å²) in [6, 6.07) is 3.75. The van der Waals surface area contributed by atoms with Crippen LogP contribution in [0.3, 0.4) is 0 Å². The first kappa shape index (κ1) is 11.7. The van der Waals surface area contributed by atoms with Gasteiger partial charge >= 0.3 is 6.01 Å². The predicted molar refractivity (Wildman–Crippen MR) is 64.0 cm³/mol. The Kier molecular flexibility index (Phi) is 3.19. The molecular formula is C11H12ClN3O2. The van der Waals surface area contributed by atoms with E-state index in [1.165, 1.54) is 0 Å². The van der Waals surface area contributed by atoms with Gasteiger partial charge in [-0.25, -0.2) is 0 Å². The molecule has 2 aromatic rings. The number of nitrogens with two attached hydrogens (primary N) is 1. The van der Waals surface area contributed by atoms with E-state index >= 15 is 0 Å². The highest BCUT2D eigenvalue weighted by atomic mass is 35.5. The Bertz CT molecular complexity index is 516. The van der Waals surface area contributed by atoms with E-state index in [0.29, 0.717) is 11.6 Å². The lowest BCUT2D eigenvalue weighted by atomic mass is 10.1. The molecule has 2 N–H and O–H groups in total. The fourth-order valence-electron chi connectivity index (χ4n) is 1.46. The van der Waals surface area contributed by atoms with Crippen LogP contribution in [0.15, 0.2) is 16.5 Å². The van der Waals surface area contributed by atoms with Crippen molar-refractivity contribution >= 4 is 17.6 Å². The zero-order valence-electron chi connectivity index (χ0n) is 9.53. The van der Waals surface area contributed by atoms with Crippen LogP contribution < -0.4 is 10.5 Å². The zero-order valence-corrected chi connectivity index (χ0v) is 10.3. The van der Waals surface area contributed by atoms with Gasteiger partial charge in [0.05, 0.1) is 0 Å². The maximum absolute atomic E-state index is 6.06. The fourth-order valence-corrected chi connectivity index (χ4v) is 1.57. The molecule has 1 aromatic carbocycles. The van der Waals surface area contributed by atoms with Crippen LogP contribution in [0.5, 0.6) is 5.75 Å². The number of halogens is 1. The van der Waals surface area contributed by atoms with Crippen molar-refractivity contribution < 1.29 is 9.15 Å². The average molecular weight is 254 g/mol. The van der Waals surface area contributed by atoms with Gasteiger partial charge in [0.2, 0.25) is 0 Å². The second-order valence-corrected chi connectivity index (χ2v) is 4.07. The number of aromatic nitrogens is 2. The van der Waals surface area contributed by atoms with Crippen molar-refractivity contribution in [1.82, 2.24) is 10.2 Å². The number of nitrogen functional groups attached to an aromatic ring is 1. The number of ether oxygens (including phenoxy) is 1. The van der Waals surface area contributed by atoms with Gasteiger partial charge in [-0.15, -0.1) is 5.10 Å². The molecule has 0 radical (unpaired) electrons. The van der Waals surface area contributed by atoms with E-state index in [0.717, 1.165) is 16.1 Å². The predicted octanol–water partition coefficient (Wildman–Crippen LogP) is 2.50. The molecule has 6 heteroatoms. The van der Waals surface area contributed by atoms with E-state index in [4.69, 9.17) is 26.5 Å². The molecule has 1 aromatic heterocycles. The minimum atomic E-state index is 0.0343. The molecule has 90 valence electrons. The molecule has 17 heavy (non-hydrogen) atoms. The number of anilines is 1. The second kappa shape index (κ2) is 4.63. The maximum atomic E-state index is 6.06. The second-order valence-electron chi connectivity index (χ2n) is 3.69. The molecule has 0 aliphatic rings. The van der Waals surface area contributed by atoms with Crippen molar-refractivity contribution in [3.8, 4) is 5.75 Å². The lowest BCUT2D eigenvalue weighted by Crippen LogP contribution is -1.97. The largest absolute Gasteiger partial charge is 0.484 e. The molecule has 0 aliphatic heterocycles. The summed E-state index contributed by atoms with van der Waals surface area (Å²) in [5, 5.41) is 7.99. The number of hydrogen-bond acceptors (Lipinski definition) is 5. The number of nitrogens with zero attached hydrogens (tertiary/aromatic N) is 2. The third kappa shape index (κ3) is 2.68. The molecule has 0 spiro atoms. The minimum absolute atomic E-state index is 0.0343. The number of rotatable bonds is 3. The van der Waals surface area contributed by atoms with E-state index in [2.05, 4.69) is 10.2 Å². The van der Waals surface area contributed by atoms with Gasteiger partial charge in [0.15, 0.2) is 6.61 Å². The molecule has 0 bridgehead atoms. The first-order chi connectivity index (χ1) is 8.06. The van der Waals surface area contributed by atoms with Gasteiger partial charge in [-0.1, -0.05) is 16.7 Å². The molecular weight excluding hydrogens is 242 g/mol. The Hall–Kier alpha value is -1.75. The van der Waals surface area contributed by atoms with Gasteiger partial charge in [-0.05, 0) is 37.1 Å². The first-order valence-electron chi connectivity index (χ1n) is 5.03. The molecule has 5 nitrogen and oxygen atoms in total. The normalized spacial score (nSPS) is 10.5. The lowest BCUT2D eigenvalue weighted by Gasteiger charge is -2.08. The zero-order chi connectivity index (χ0) is 12.4. The SMILES string of the molecule is Cc1cc(OCc2nnc(N)o2)cc(C)c1Cl. The number of aryl methyl sites for hydroxylation is 2. The Morgan fingerprint density at radius 3 is 2.47 bits per heavy atom. The van der Waals surface area contributed by atoms with Crippen LogP contribution in [-0.2, 0) is 6.61 Å². The molecule has 0 amide bonds. The van der Waals surface area contributed by atoms with Crippen LogP contribution in [0.2, 0.25) is 5.02 Å². The van der Waals surface area contributed by atoms with Gasteiger partial charge < -0.3 is 14.9 Å². The van der Waals surface area contributed by atoms with Gasteiger partial charge in [0, 0.05) is 5.02 Å². The Morgan fingerprint density at radius 2 is 1.94 bits per heavy atom. The van der Waals surface area contributed by atoms with Crippen molar-refractivity contribution in [3.63, 3.8) is 0 Å². The summed E-state index contributed by atoms with van der Waals surface area (Å²) in [7, 11) is 0. The summed E-state index contributed by atoms with van der Waals surface area (Å²) >= 11 is 6.06. The lowest BCUT2D eigenvalue weighted by molar-refractivity contribution is 0.264. The van der Waals surface area contributed by atoms with Crippen LogP contribution in [0.25, 0.3) is 0 Å². The van der Waals surface area contributed by atoms with E-state index in [1.54, 1.807) is 0 Å². The van der Waals surface area contributed by atoms with Crippen molar-refractivity contribution in [2.45, 2.75) is 20.5 Å². The first-order valence-corrected chi connectivity index (χ1v) is 5.41. The Morgan fingerprint density at radius 1 is 1.29 bits per heavy atom. The molecule has 0 aliphatic carbocycles. The summed E-state index contributed by atoms with van der Waals surface area (Å²) in [4.78, 5) is 0. The molecule has 0 fully saturated rings. The van der Waals surface area contributed by atoms with Gasteiger partial charge in [-0.3, -0.25) is 0 Å². The van der Waals surface area contributed by atoms with E-state index < -0.39 is 0 Å². The van der Waals surface area contributed by atoms with Crippen molar-refractivity contribution in [2.24, 2.45) is 0 Å². The summed E-state index contributed by atoms with van der Waals surface area (Å²) in [6.45, 7) is 4.03. The molecule has 0 saturated carbocycles. The van der Waals surface area contributed by atoms with Crippen molar-refractivity contribution in [3.05, 3.63) is 34.2 Å². The molecule has 2 rings (SSSR count). The van der Waals surface area contributed by atoms with Crippen LogP contribution in [0.4, 0.5) is 6.01 Å². The smallest absolute Gasteiger partial charge is 0.312 e. The van der Waals surface area contributed by atoms with Gasteiger partial charge in [0.1, 0.15) is 5.75 Å². The highest BCUT2D eigenvalue weighted by Crippen LogP contribution is 2.26. The standard InChI is InChI=1S/C11H12ClN3O2/c1-6-3-8(4-7(2)10(6)12)16-5-9-14-15-11(13)17-9/h3-4H,5H2,1-2H3,(H2,13,15). The molecule has 0 atom stereocenters. The Balaban J connectivity index is 2.09. The van der Waals surface area contributed by atoms with Crippen molar-refractivity contribution in [2.75, 3.05) is 5.73 Å². The van der Waals surface area contributed by atoms with E-state index in [9.17, 15) is 0 Å². The van der Waals surface area contributed by atoms with Gasteiger partial charge in [0.25, 0.3) is 5.89 Å². The number of hydrogen-bond donors (Lipinski definition) is 1. The highest BCUT2D eigenvalue weighted by Gasteiger charge is 2.06. The van der Waals surface area contributed by atoms with Crippen molar-refractivity contribution in [1.29, 1.82) is 0 Å². The van der Waals surface area contributed by atoms with Crippen LogP contribution in [-0.4, -0.2) is 10.2 Å². The summed E-state index contributed by atoms with van der Waals surface area (Å²) < 4.78 is 10.5. The topological polar surface area (TPSA) is 74.2 Å². The minimum Gasteiger partial charge on any atom is -0.484 e. The van der Waals surface area contributed by atoms with Crippen LogP contribution in [0.1, 0.15) is 17.0 Å². The van der Waals surface area contributed by atoms with Crippen LogP contribution in [0, 0.1) is 13.8 Å². The summed E-state index contributed by atoms with van der Waals surface area (Å²) in [5.74, 6) is 1.05. The third-order valence-corrected chi connectivity index (χ3v) is 2.85. The molecule has 0 saturated heterocycles. The summed E-state index contributed by atoms with van der Waals surface area (Å²) in [5.41, 5.74) is 7.23.